The molecule has 0 amide bonds. The first-order valence-electron chi connectivity index (χ1n) is 3.67. The van der Waals surface area contributed by atoms with Crippen molar-refractivity contribution in [1.82, 2.24) is 0 Å². The number of allylic oxidation sites excluding steroid dienone is 1. The molecule has 0 nitrogen and oxygen atoms in total. The maximum absolute atomic E-state index is 2.53. The summed E-state index contributed by atoms with van der Waals surface area (Å²) >= 11 is 4.41. The number of rotatable bonds is 0. The lowest BCUT2D eigenvalue weighted by Gasteiger charge is -2.18. The molecule has 1 unspecified atom stereocenters. The van der Waals surface area contributed by atoms with Crippen LogP contribution in [0.4, 0.5) is 0 Å². The molecule has 1 heterocycles. The van der Waals surface area contributed by atoms with E-state index in [4.69, 9.17) is 0 Å². The SMILES string of the molecule is CSC1=S(I)SC(C(C)(C)C)=C1. The fraction of sp³-hybridized carbons (Fsp3) is 0.625. The van der Waals surface area contributed by atoms with Crippen molar-refractivity contribution in [3.63, 3.8) is 0 Å². The Morgan fingerprint density at radius 1 is 1.50 bits per heavy atom. The molecule has 0 fully saturated rings. The van der Waals surface area contributed by atoms with Gasteiger partial charge in [0.15, 0.2) is 0 Å². The van der Waals surface area contributed by atoms with Crippen LogP contribution in [0, 0.1) is 5.41 Å². The van der Waals surface area contributed by atoms with Gasteiger partial charge in [0.2, 0.25) is 0 Å². The maximum atomic E-state index is 2.53. The van der Waals surface area contributed by atoms with E-state index >= 15 is 0 Å². The molecule has 0 bridgehead atoms. The highest BCUT2D eigenvalue weighted by Gasteiger charge is 2.23. The molecule has 0 N–H and O–H groups in total. The Labute approximate surface area is 97.2 Å². The largest absolute Gasteiger partial charge is 0.122 e. The Morgan fingerprint density at radius 3 is 2.33 bits per heavy atom. The standard InChI is InChI=1S/C8H13IS3/c1-8(2,3)6-5-7(10-4)12(9)11-6/h5H,1-4H3. The quantitative estimate of drug-likeness (QED) is 0.359. The summed E-state index contributed by atoms with van der Waals surface area (Å²) < 4.78 is 1.53. The Hall–Kier alpha value is 1.39. The van der Waals surface area contributed by atoms with Crippen molar-refractivity contribution in [2.45, 2.75) is 20.8 Å². The van der Waals surface area contributed by atoms with E-state index in [9.17, 15) is 0 Å². The summed E-state index contributed by atoms with van der Waals surface area (Å²) in [4.78, 5) is 1.53. The van der Waals surface area contributed by atoms with E-state index in [1.54, 1.807) is 0 Å². The van der Waals surface area contributed by atoms with Gasteiger partial charge >= 0.3 is 0 Å². The van der Waals surface area contributed by atoms with E-state index in [0.29, 0.717) is 12.1 Å². The first kappa shape index (κ1) is 11.5. The Kier molecular flexibility index (Phi) is 4.08. The minimum Gasteiger partial charge on any atom is -0.122 e. The fourth-order valence-corrected chi connectivity index (χ4v) is 8.96. The summed E-state index contributed by atoms with van der Waals surface area (Å²) in [6.45, 7) is 7.23. The van der Waals surface area contributed by atoms with Crippen molar-refractivity contribution in [1.29, 1.82) is 0 Å². The van der Waals surface area contributed by atoms with Gasteiger partial charge in [-0.05, 0) is 24.4 Å². The molecule has 0 aromatic carbocycles. The van der Waals surface area contributed by atoms with Gasteiger partial charge in [-0.1, -0.05) is 31.6 Å². The van der Waals surface area contributed by atoms with E-state index < -0.39 is 0 Å². The summed E-state index contributed by atoms with van der Waals surface area (Å²) in [5.41, 5.74) is 0.332. The molecule has 0 radical (unpaired) electrons. The van der Waals surface area contributed by atoms with Crippen LogP contribution in [0.2, 0.25) is 0 Å². The molecule has 0 aromatic heterocycles. The van der Waals surface area contributed by atoms with Crippen LogP contribution in [0.25, 0.3) is 0 Å². The van der Waals surface area contributed by atoms with Crippen molar-refractivity contribution in [3.05, 3.63) is 11.0 Å². The van der Waals surface area contributed by atoms with Crippen molar-refractivity contribution in [2.24, 2.45) is 5.41 Å². The lowest BCUT2D eigenvalue weighted by atomic mass is 9.96. The van der Waals surface area contributed by atoms with Crippen LogP contribution < -0.4 is 0 Å². The van der Waals surface area contributed by atoms with Crippen molar-refractivity contribution in [3.8, 4) is 0 Å². The molecule has 1 atom stereocenters. The average molecular weight is 332 g/mol. The van der Waals surface area contributed by atoms with Gasteiger partial charge in [0.05, 0.1) is 4.20 Å². The number of hydrogen-bond donors (Lipinski definition) is 0. The van der Waals surface area contributed by atoms with E-state index in [1.807, 2.05) is 22.6 Å². The van der Waals surface area contributed by atoms with Crippen LogP contribution in [0.15, 0.2) is 11.0 Å². The molecule has 1 aliphatic rings. The molecule has 1 aliphatic heterocycles. The highest BCUT2D eigenvalue weighted by atomic mass is 127. The molecule has 0 spiro atoms. The monoisotopic (exact) mass is 332 g/mol. The molecule has 0 saturated heterocycles. The van der Waals surface area contributed by atoms with E-state index in [-0.39, 0.29) is 0 Å². The van der Waals surface area contributed by atoms with E-state index in [0.717, 1.165) is 0 Å². The molecule has 4 heteroatoms. The van der Waals surface area contributed by atoms with Crippen LogP contribution in [-0.4, -0.2) is 10.5 Å². The molecule has 0 aromatic rings. The second-order valence-corrected chi connectivity index (χ2v) is 12.1. The highest BCUT2D eigenvalue weighted by Crippen LogP contribution is 2.56. The summed E-state index contributed by atoms with van der Waals surface area (Å²) in [5, 5.41) is 0. The Morgan fingerprint density at radius 2 is 2.08 bits per heavy atom. The van der Waals surface area contributed by atoms with Gasteiger partial charge in [-0.3, -0.25) is 0 Å². The van der Waals surface area contributed by atoms with Crippen molar-refractivity contribution < 1.29 is 0 Å². The molecule has 70 valence electrons. The van der Waals surface area contributed by atoms with E-state index in [2.05, 4.69) is 54.3 Å². The van der Waals surface area contributed by atoms with Gasteiger partial charge in [0.1, 0.15) is 0 Å². The molecular formula is C8H13IS3. The predicted octanol–water partition coefficient (Wildman–Crippen LogP) is 4.69. The van der Waals surface area contributed by atoms with Gasteiger partial charge in [-0.2, -0.15) is 0 Å². The van der Waals surface area contributed by atoms with E-state index in [1.165, 1.54) is 9.10 Å². The molecular weight excluding hydrogens is 319 g/mol. The van der Waals surface area contributed by atoms with Gasteiger partial charge in [0.25, 0.3) is 0 Å². The molecule has 0 saturated carbocycles. The van der Waals surface area contributed by atoms with Gasteiger partial charge in [-0.15, -0.1) is 11.8 Å². The van der Waals surface area contributed by atoms with Crippen LogP contribution in [0.5, 0.6) is 0 Å². The lowest BCUT2D eigenvalue weighted by Crippen LogP contribution is -2.05. The Bertz CT molecular complexity index is 248. The summed E-state index contributed by atoms with van der Waals surface area (Å²) in [7, 11) is 2.02. The third-order valence-electron chi connectivity index (χ3n) is 1.51. The Balaban J connectivity index is 2.81. The average Bonchev–Trinajstić information content (AvgIpc) is 2.29. The number of thioether (sulfide) groups is 1. The third kappa shape index (κ3) is 2.69. The molecule has 1 rings (SSSR count). The second-order valence-electron chi connectivity index (χ2n) is 3.59. The summed E-state index contributed by atoms with van der Waals surface area (Å²) in [6.07, 6.45) is 4.53. The van der Waals surface area contributed by atoms with Gasteiger partial charge in [-0.25, -0.2) is 0 Å². The molecule has 12 heavy (non-hydrogen) atoms. The zero-order valence-corrected chi connectivity index (χ0v) is 12.3. The van der Waals surface area contributed by atoms with Crippen LogP contribution in [-0.2, 0) is 0 Å². The zero-order valence-electron chi connectivity index (χ0n) is 7.68. The first-order chi connectivity index (χ1) is 5.45. The summed E-state index contributed by atoms with van der Waals surface area (Å²) in [6, 6.07) is 0. The van der Waals surface area contributed by atoms with Gasteiger partial charge < -0.3 is 0 Å². The second kappa shape index (κ2) is 4.28. The third-order valence-corrected chi connectivity index (χ3v) is 10.3. The first-order valence-corrected chi connectivity index (χ1v) is 9.99. The zero-order chi connectivity index (χ0) is 9.35. The lowest BCUT2D eigenvalue weighted by molar-refractivity contribution is 0.535. The summed E-state index contributed by atoms with van der Waals surface area (Å²) in [5.74, 6) is 0. The normalized spacial score (nSPS) is 24.6. The van der Waals surface area contributed by atoms with Crippen molar-refractivity contribution >= 4 is 54.6 Å². The minimum atomic E-state index is 0.332. The number of halogens is 1. The van der Waals surface area contributed by atoms with Crippen LogP contribution in [0.3, 0.4) is 0 Å². The van der Waals surface area contributed by atoms with Crippen molar-refractivity contribution in [2.75, 3.05) is 6.26 Å². The van der Waals surface area contributed by atoms with Gasteiger partial charge in [0, 0.05) is 26.1 Å². The minimum absolute atomic E-state index is 0.332. The fourth-order valence-electron chi connectivity index (χ4n) is 0.763. The smallest absolute Gasteiger partial charge is 0.0512 e. The maximum Gasteiger partial charge on any atom is 0.0512 e. The number of hydrogen-bond acceptors (Lipinski definition) is 2. The highest BCUT2D eigenvalue weighted by molar-refractivity contribution is 14.2. The topological polar surface area (TPSA) is 0 Å². The molecule has 0 aliphatic carbocycles. The van der Waals surface area contributed by atoms with Crippen LogP contribution >= 0.6 is 50.4 Å². The predicted molar refractivity (Wildman–Crippen MR) is 75.3 cm³/mol. The van der Waals surface area contributed by atoms with Crippen LogP contribution in [0.1, 0.15) is 20.8 Å².